The first-order valence-corrected chi connectivity index (χ1v) is 12.8. The van der Waals surface area contributed by atoms with Crippen molar-refractivity contribution >= 4 is 0 Å². The maximum atomic E-state index is 11.9. The zero-order valence-electron chi connectivity index (χ0n) is 21.7. The molecule has 1 saturated heterocycles. The number of aryl methyl sites for hydroxylation is 4. The summed E-state index contributed by atoms with van der Waals surface area (Å²) in [6, 6.07) is 17.8. The van der Waals surface area contributed by atoms with Crippen LogP contribution in [0.5, 0.6) is 11.5 Å². The molecular formula is C30H38N2O4. The van der Waals surface area contributed by atoms with E-state index < -0.39 is 5.60 Å². The van der Waals surface area contributed by atoms with Crippen LogP contribution in [0.1, 0.15) is 41.5 Å². The van der Waals surface area contributed by atoms with Gasteiger partial charge in [0.15, 0.2) is 0 Å². The van der Waals surface area contributed by atoms with E-state index in [4.69, 9.17) is 9.47 Å². The molecule has 0 spiro atoms. The average Bonchev–Trinajstić information content (AvgIpc) is 2.86. The molecular weight excluding hydrogens is 452 g/mol. The van der Waals surface area contributed by atoms with Gasteiger partial charge in [-0.3, -0.25) is 9.69 Å². The van der Waals surface area contributed by atoms with Gasteiger partial charge < -0.3 is 19.1 Å². The highest BCUT2D eigenvalue weighted by molar-refractivity contribution is 5.35. The summed E-state index contributed by atoms with van der Waals surface area (Å²) in [5, 5.41) is 11.0. The van der Waals surface area contributed by atoms with Crippen molar-refractivity contribution < 1.29 is 14.6 Å². The quantitative estimate of drug-likeness (QED) is 0.419. The molecule has 4 rings (SSSR count). The molecule has 0 unspecified atom stereocenters. The number of aromatic nitrogens is 1. The Morgan fingerprint density at radius 3 is 2.36 bits per heavy atom. The Labute approximate surface area is 214 Å². The van der Waals surface area contributed by atoms with Gasteiger partial charge in [0, 0.05) is 38.4 Å². The summed E-state index contributed by atoms with van der Waals surface area (Å²) >= 11 is 0. The Bertz CT molecular complexity index is 1190. The second-order valence-corrected chi connectivity index (χ2v) is 10.1. The summed E-state index contributed by atoms with van der Waals surface area (Å²) in [4.78, 5) is 14.3. The molecule has 0 amide bonds. The molecule has 0 aliphatic carbocycles. The fraction of sp³-hybridized carbons (Fsp3) is 0.433. The zero-order chi connectivity index (χ0) is 25.5. The number of hydrogen-bond donors (Lipinski definition) is 1. The molecule has 3 aromatic rings. The topological polar surface area (TPSA) is 63.9 Å². The number of aliphatic hydroxyl groups is 1. The van der Waals surface area contributed by atoms with E-state index in [1.165, 1.54) is 11.1 Å². The molecule has 192 valence electrons. The minimum atomic E-state index is -0.783. The van der Waals surface area contributed by atoms with E-state index in [0.717, 1.165) is 48.7 Å². The highest BCUT2D eigenvalue weighted by Crippen LogP contribution is 2.27. The third-order valence-corrected chi connectivity index (χ3v) is 6.89. The van der Waals surface area contributed by atoms with Crippen molar-refractivity contribution in [2.24, 2.45) is 0 Å². The fourth-order valence-corrected chi connectivity index (χ4v) is 4.64. The lowest BCUT2D eigenvalue weighted by atomic mass is 9.92. The third-order valence-electron chi connectivity index (χ3n) is 6.89. The standard InChI is InChI=1S/C30H38N2O4/c1-23-5-11-28(25(3)19-23)36-22-30(34)13-16-31(17-14-30)21-26-7-9-27(10-8-26)35-18-4-15-32-20-24(2)6-12-29(32)33/h5-12,19-20,34H,4,13-18,21-22H2,1-3H3. The Balaban J connectivity index is 1.18. The molecule has 36 heavy (non-hydrogen) atoms. The molecule has 6 heteroatoms. The van der Waals surface area contributed by atoms with Gasteiger partial charge in [-0.05, 0) is 74.9 Å². The van der Waals surface area contributed by atoms with Crippen molar-refractivity contribution in [2.75, 3.05) is 26.3 Å². The van der Waals surface area contributed by atoms with Crippen LogP contribution in [0.2, 0.25) is 0 Å². The van der Waals surface area contributed by atoms with Crippen LogP contribution in [0, 0.1) is 20.8 Å². The SMILES string of the molecule is Cc1ccc(OCC2(O)CCN(Cc3ccc(OCCCn4cc(C)ccc4=O)cc3)CC2)c(C)c1. The molecule has 2 heterocycles. The third kappa shape index (κ3) is 7.21. The molecule has 6 nitrogen and oxygen atoms in total. The average molecular weight is 491 g/mol. The predicted molar refractivity (Wildman–Crippen MR) is 143 cm³/mol. The molecule has 2 aromatic carbocycles. The van der Waals surface area contributed by atoms with Crippen molar-refractivity contribution in [1.82, 2.24) is 9.47 Å². The Kier molecular flexibility index (Phi) is 8.49. The van der Waals surface area contributed by atoms with Crippen molar-refractivity contribution in [3.8, 4) is 11.5 Å². The first kappa shape index (κ1) is 26.0. The number of ether oxygens (including phenoxy) is 2. The maximum absolute atomic E-state index is 11.9. The molecule has 1 N–H and O–H groups in total. The summed E-state index contributed by atoms with van der Waals surface area (Å²) in [7, 11) is 0. The number of piperidine rings is 1. The van der Waals surface area contributed by atoms with Gasteiger partial charge in [0.05, 0.1) is 6.61 Å². The van der Waals surface area contributed by atoms with Crippen LogP contribution in [0.25, 0.3) is 0 Å². The lowest BCUT2D eigenvalue weighted by Gasteiger charge is -2.38. The Morgan fingerprint density at radius 2 is 1.64 bits per heavy atom. The fourth-order valence-electron chi connectivity index (χ4n) is 4.64. The maximum Gasteiger partial charge on any atom is 0.250 e. The van der Waals surface area contributed by atoms with Crippen molar-refractivity contribution in [1.29, 1.82) is 0 Å². The van der Waals surface area contributed by atoms with Gasteiger partial charge in [0.1, 0.15) is 23.7 Å². The van der Waals surface area contributed by atoms with Gasteiger partial charge in [0.25, 0.3) is 5.56 Å². The van der Waals surface area contributed by atoms with Crippen LogP contribution in [0.15, 0.2) is 65.6 Å². The highest BCUT2D eigenvalue weighted by Gasteiger charge is 2.33. The summed E-state index contributed by atoms with van der Waals surface area (Å²) < 4.78 is 13.6. The number of hydrogen-bond acceptors (Lipinski definition) is 5. The number of rotatable bonds is 10. The van der Waals surface area contributed by atoms with Crippen molar-refractivity contribution in [3.05, 3.63) is 93.4 Å². The largest absolute Gasteiger partial charge is 0.494 e. The second kappa shape index (κ2) is 11.8. The molecule has 0 atom stereocenters. The van der Waals surface area contributed by atoms with E-state index in [2.05, 4.69) is 30.0 Å². The number of benzene rings is 2. The predicted octanol–water partition coefficient (Wildman–Crippen LogP) is 4.65. The van der Waals surface area contributed by atoms with Gasteiger partial charge in [-0.2, -0.15) is 0 Å². The van der Waals surface area contributed by atoms with Gasteiger partial charge in [0.2, 0.25) is 0 Å². The molecule has 1 fully saturated rings. The van der Waals surface area contributed by atoms with Gasteiger partial charge in [-0.15, -0.1) is 0 Å². The van der Waals surface area contributed by atoms with E-state index in [1.54, 1.807) is 10.6 Å². The minimum Gasteiger partial charge on any atom is -0.494 e. The van der Waals surface area contributed by atoms with Crippen LogP contribution in [0.3, 0.4) is 0 Å². The van der Waals surface area contributed by atoms with Crippen LogP contribution in [0.4, 0.5) is 0 Å². The van der Waals surface area contributed by atoms with Crippen LogP contribution in [-0.2, 0) is 13.1 Å². The number of likely N-dealkylation sites (tertiary alicyclic amines) is 1. The smallest absolute Gasteiger partial charge is 0.250 e. The van der Waals surface area contributed by atoms with E-state index in [0.29, 0.717) is 32.6 Å². The molecule has 1 aliphatic rings. The number of pyridine rings is 1. The van der Waals surface area contributed by atoms with E-state index in [1.807, 2.05) is 50.4 Å². The second-order valence-electron chi connectivity index (χ2n) is 10.1. The van der Waals surface area contributed by atoms with Crippen LogP contribution < -0.4 is 15.0 Å². The van der Waals surface area contributed by atoms with Crippen molar-refractivity contribution in [2.45, 2.75) is 58.7 Å². The normalized spacial score (nSPS) is 15.6. The van der Waals surface area contributed by atoms with E-state index >= 15 is 0 Å². The molecule has 1 aromatic heterocycles. The highest BCUT2D eigenvalue weighted by atomic mass is 16.5. The Morgan fingerprint density at radius 1 is 0.917 bits per heavy atom. The molecule has 0 radical (unpaired) electrons. The van der Waals surface area contributed by atoms with E-state index in [9.17, 15) is 9.90 Å². The first-order valence-electron chi connectivity index (χ1n) is 12.8. The van der Waals surface area contributed by atoms with Crippen molar-refractivity contribution in [3.63, 3.8) is 0 Å². The summed E-state index contributed by atoms with van der Waals surface area (Å²) in [6.45, 7) is 10.2. The minimum absolute atomic E-state index is 0.0231. The number of nitrogens with zero attached hydrogens (tertiary/aromatic N) is 2. The monoisotopic (exact) mass is 490 g/mol. The molecule has 1 aliphatic heterocycles. The van der Waals surface area contributed by atoms with Gasteiger partial charge in [-0.1, -0.05) is 35.9 Å². The lowest BCUT2D eigenvalue weighted by molar-refractivity contribution is -0.0538. The Hall–Kier alpha value is -3.09. The van der Waals surface area contributed by atoms with Crippen LogP contribution >= 0.6 is 0 Å². The van der Waals surface area contributed by atoms with E-state index in [-0.39, 0.29) is 5.56 Å². The summed E-state index contributed by atoms with van der Waals surface area (Å²) in [6.07, 6.45) is 4.05. The lowest BCUT2D eigenvalue weighted by Crippen LogP contribution is -2.47. The molecule has 0 saturated carbocycles. The zero-order valence-corrected chi connectivity index (χ0v) is 21.7. The van der Waals surface area contributed by atoms with Gasteiger partial charge >= 0.3 is 0 Å². The first-order chi connectivity index (χ1) is 17.3. The molecule has 0 bridgehead atoms. The van der Waals surface area contributed by atoms with Crippen LogP contribution in [-0.4, -0.2) is 46.5 Å². The van der Waals surface area contributed by atoms with Gasteiger partial charge in [-0.25, -0.2) is 0 Å². The summed E-state index contributed by atoms with van der Waals surface area (Å²) in [5.41, 5.74) is 3.86. The summed E-state index contributed by atoms with van der Waals surface area (Å²) in [5.74, 6) is 1.69.